The Labute approximate surface area is 123 Å². The Hall–Kier alpha value is -0.160. The van der Waals surface area contributed by atoms with Gasteiger partial charge >= 0.3 is 0 Å². The second-order valence-electron chi connectivity index (χ2n) is 7.50. The Balaban J connectivity index is 1.98. The van der Waals surface area contributed by atoms with Crippen LogP contribution in [0.15, 0.2) is 0 Å². The van der Waals surface area contributed by atoms with Crippen molar-refractivity contribution in [3.05, 3.63) is 0 Å². The molecule has 0 amide bonds. The molecule has 0 radical (unpaired) electrons. The smallest absolute Gasteiger partial charge is 0.0933 e. The van der Waals surface area contributed by atoms with Crippen LogP contribution in [0.1, 0.15) is 40.0 Å². The van der Waals surface area contributed by atoms with Gasteiger partial charge in [0.25, 0.3) is 0 Å². The highest BCUT2D eigenvalue weighted by Gasteiger charge is 2.36. The minimum Gasteiger partial charge on any atom is -0.394 e. The summed E-state index contributed by atoms with van der Waals surface area (Å²) in [5, 5.41) is 12.8. The van der Waals surface area contributed by atoms with E-state index in [1.807, 2.05) is 0 Å². The molecule has 4 nitrogen and oxygen atoms in total. The van der Waals surface area contributed by atoms with Crippen molar-refractivity contribution in [3.8, 4) is 0 Å². The molecule has 118 valence electrons. The number of hydrogen-bond acceptors (Lipinski definition) is 4. The minimum atomic E-state index is -0.00386. The first-order valence-corrected chi connectivity index (χ1v) is 8.09. The van der Waals surface area contributed by atoms with Crippen LogP contribution in [0.4, 0.5) is 0 Å². The maximum absolute atomic E-state index is 9.32. The largest absolute Gasteiger partial charge is 0.394 e. The average Bonchev–Trinajstić information content (AvgIpc) is 2.41. The first-order valence-electron chi connectivity index (χ1n) is 8.09. The molecule has 2 aliphatic rings. The number of aliphatic hydroxyl groups excluding tert-OH is 1. The van der Waals surface area contributed by atoms with Crippen molar-refractivity contribution >= 4 is 0 Å². The lowest BCUT2D eigenvalue weighted by molar-refractivity contribution is -0.0855. The van der Waals surface area contributed by atoms with Crippen molar-refractivity contribution in [2.24, 2.45) is 11.3 Å². The zero-order valence-electron chi connectivity index (χ0n) is 13.6. The van der Waals surface area contributed by atoms with Gasteiger partial charge < -0.3 is 15.2 Å². The van der Waals surface area contributed by atoms with Crippen molar-refractivity contribution < 1.29 is 9.84 Å². The fourth-order valence-corrected chi connectivity index (χ4v) is 3.85. The predicted molar refractivity (Wildman–Crippen MR) is 81.8 cm³/mol. The molecule has 1 aliphatic carbocycles. The van der Waals surface area contributed by atoms with E-state index in [0.717, 1.165) is 19.7 Å². The fraction of sp³-hybridized carbons (Fsp3) is 1.00. The molecule has 1 aliphatic heterocycles. The van der Waals surface area contributed by atoms with Gasteiger partial charge in [-0.2, -0.15) is 0 Å². The number of nitrogens with one attached hydrogen (secondary N) is 1. The van der Waals surface area contributed by atoms with Gasteiger partial charge in [0.1, 0.15) is 0 Å². The van der Waals surface area contributed by atoms with Crippen LogP contribution < -0.4 is 5.32 Å². The van der Waals surface area contributed by atoms with E-state index >= 15 is 0 Å². The lowest BCUT2D eigenvalue weighted by atomic mass is 9.69. The summed E-state index contributed by atoms with van der Waals surface area (Å²) >= 11 is 0. The van der Waals surface area contributed by atoms with Gasteiger partial charge in [-0.05, 0) is 44.6 Å². The van der Waals surface area contributed by atoms with E-state index in [1.165, 1.54) is 19.3 Å². The fourth-order valence-electron chi connectivity index (χ4n) is 3.85. The van der Waals surface area contributed by atoms with Crippen LogP contribution in [0.2, 0.25) is 0 Å². The topological polar surface area (TPSA) is 44.7 Å². The highest BCUT2D eigenvalue weighted by atomic mass is 16.5. The highest BCUT2D eigenvalue weighted by molar-refractivity contribution is 4.91. The summed E-state index contributed by atoms with van der Waals surface area (Å²) in [7, 11) is 2.09. The molecule has 1 saturated heterocycles. The Bertz CT molecular complexity index is 309. The molecule has 4 unspecified atom stereocenters. The molecule has 4 heteroatoms. The van der Waals surface area contributed by atoms with Gasteiger partial charge in [-0.1, -0.05) is 13.8 Å². The van der Waals surface area contributed by atoms with Crippen LogP contribution in [0, 0.1) is 11.3 Å². The molecule has 0 spiro atoms. The average molecular weight is 284 g/mol. The quantitative estimate of drug-likeness (QED) is 0.821. The number of morpholine rings is 1. The summed E-state index contributed by atoms with van der Waals surface area (Å²) < 4.78 is 5.65. The van der Waals surface area contributed by atoms with E-state index < -0.39 is 0 Å². The van der Waals surface area contributed by atoms with Crippen LogP contribution in [0.3, 0.4) is 0 Å². The van der Waals surface area contributed by atoms with E-state index in [4.69, 9.17) is 4.74 Å². The van der Waals surface area contributed by atoms with Crippen molar-refractivity contribution in [3.63, 3.8) is 0 Å². The van der Waals surface area contributed by atoms with Crippen LogP contribution in [-0.2, 0) is 4.74 Å². The van der Waals surface area contributed by atoms with E-state index in [2.05, 4.69) is 38.0 Å². The van der Waals surface area contributed by atoms with Crippen LogP contribution >= 0.6 is 0 Å². The third-order valence-corrected chi connectivity index (χ3v) is 5.19. The van der Waals surface area contributed by atoms with E-state index in [0.29, 0.717) is 23.4 Å². The molecule has 0 aromatic carbocycles. The SMILES string of the molecule is CNC1CCC(C)(C)CC1CN1CC(CO)OCC1C. The molecule has 4 atom stereocenters. The summed E-state index contributed by atoms with van der Waals surface area (Å²) in [6.45, 7) is 9.88. The summed E-state index contributed by atoms with van der Waals surface area (Å²) in [6, 6.07) is 1.09. The van der Waals surface area contributed by atoms with Crippen LogP contribution in [0.5, 0.6) is 0 Å². The van der Waals surface area contributed by atoms with Gasteiger partial charge in [-0.25, -0.2) is 0 Å². The van der Waals surface area contributed by atoms with Gasteiger partial charge in [0.2, 0.25) is 0 Å². The lowest BCUT2D eigenvalue weighted by Crippen LogP contribution is -2.54. The van der Waals surface area contributed by atoms with Gasteiger partial charge in [-0.15, -0.1) is 0 Å². The molecule has 0 aromatic rings. The summed E-state index contributed by atoms with van der Waals surface area (Å²) in [6.07, 6.45) is 3.87. The van der Waals surface area contributed by atoms with E-state index in [9.17, 15) is 5.11 Å². The zero-order valence-corrected chi connectivity index (χ0v) is 13.6. The van der Waals surface area contributed by atoms with Gasteiger partial charge in [0.05, 0.1) is 19.3 Å². The van der Waals surface area contributed by atoms with Gasteiger partial charge in [0, 0.05) is 25.2 Å². The minimum absolute atomic E-state index is 0.00386. The van der Waals surface area contributed by atoms with Crippen LogP contribution in [-0.4, -0.2) is 61.5 Å². The molecule has 2 fully saturated rings. The standard InChI is InChI=1S/C16H32N2O2/c1-12-11-20-14(10-19)9-18(12)8-13-7-16(2,3)6-5-15(13)17-4/h12-15,17,19H,5-11H2,1-4H3. The number of rotatable bonds is 4. The first kappa shape index (κ1) is 16.2. The molecule has 1 saturated carbocycles. The van der Waals surface area contributed by atoms with E-state index in [-0.39, 0.29) is 12.7 Å². The molecular formula is C16H32N2O2. The second-order valence-corrected chi connectivity index (χ2v) is 7.50. The predicted octanol–water partition coefficient (Wildman–Crippen LogP) is 1.48. The third-order valence-electron chi connectivity index (χ3n) is 5.19. The molecule has 1 heterocycles. The maximum Gasteiger partial charge on any atom is 0.0933 e. The van der Waals surface area contributed by atoms with Crippen molar-refractivity contribution in [2.45, 2.75) is 58.2 Å². The van der Waals surface area contributed by atoms with Gasteiger partial charge in [-0.3, -0.25) is 4.90 Å². The molecular weight excluding hydrogens is 252 g/mol. The zero-order chi connectivity index (χ0) is 14.8. The molecule has 20 heavy (non-hydrogen) atoms. The summed E-state index contributed by atoms with van der Waals surface area (Å²) in [5.74, 6) is 0.698. The molecule has 0 aromatic heterocycles. The second kappa shape index (κ2) is 6.73. The molecule has 0 bridgehead atoms. The Morgan fingerprint density at radius 1 is 1.40 bits per heavy atom. The Kier molecular flexibility index (Phi) is 5.46. The number of hydrogen-bond donors (Lipinski definition) is 2. The van der Waals surface area contributed by atoms with E-state index in [1.54, 1.807) is 0 Å². The third kappa shape index (κ3) is 3.94. The number of aliphatic hydroxyl groups is 1. The van der Waals surface area contributed by atoms with Gasteiger partial charge in [0.15, 0.2) is 0 Å². The normalized spacial score (nSPS) is 38.9. The Morgan fingerprint density at radius 2 is 2.15 bits per heavy atom. The number of nitrogens with zero attached hydrogens (tertiary/aromatic N) is 1. The molecule has 2 rings (SSSR count). The lowest BCUT2D eigenvalue weighted by Gasteiger charge is -2.45. The summed E-state index contributed by atoms with van der Waals surface area (Å²) in [4.78, 5) is 2.51. The maximum atomic E-state index is 9.32. The summed E-state index contributed by atoms with van der Waals surface area (Å²) in [5.41, 5.74) is 0.462. The van der Waals surface area contributed by atoms with Crippen LogP contribution in [0.25, 0.3) is 0 Å². The first-order chi connectivity index (χ1) is 9.45. The molecule has 2 N–H and O–H groups in total. The van der Waals surface area contributed by atoms with Crippen molar-refractivity contribution in [1.29, 1.82) is 0 Å². The highest BCUT2D eigenvalue weighted by Crippen LogP contribution is 2.39. The van der Waals surface area contributed by atoms with Crippen molar-refractivity contribution in [1.82, 2.24) is 10.2 Å². The number of ether oxygens (including phenoxy) is 1. The Morgan fingerprint density at radius 3 is 2.80 bits per heavy atom. The van der Waals surface area contributed by atoms with Crippen molar-refractivity contribution in [2.75, 3.05) is 33.4 Å². The monoisotopic (exact) mass is 284 g/mol.